The van der Waals surface area contributed by atoms with Crippen molar-refractivity contribution in [3.8, 4) is 5.82 Å². The summed E-state index contributed by atoms with van der Waals surface area (Å²) < 4.78 is 3.33. The van der Waals surface area contributed by atoms with E-state index in [1.54, 1.807) is 27.4 Å². The maximum absolute atomic E-state index is 13.6. The molecule has 11 rings (SSSR count). The molecule has 16 heteroatoms. The Bertz CT molecular complexity index is 2750. The average molecular weight is 864 g/mol. The second kappa shape index (κ2) is 15.7. The summed E-state index contributed by atoms with van der Waals surface area (Å²) in [6.07, 6.45) is 12.1. The molecule has 6 aliphatic rings. The average Bonchev–Trinajstić information content (AvgIpc) is 3.76. The Labute approximate surface area is 370 Å². The number of anilines is 4. The lowest BCUT2D eigenvalue weighted by molar-refractivity contribution is -0.136. The van der Waals surface area contributed by atoms with Crippen LogP contribution in [0.1, 0.15) is 79.9 Å². The van der Waals surface area contributed by atoms with Crippen LogP contribution >= 0.6 is 0 Å². The highest BCUT2D eigenvalue weighted by molar-refractivity contribution is 6.05. The maximum Gasteiger partial charge on any atom is 0.278 e. The summed E-state index contributed by atoms with van der Waals surface area (Å²) in [5, 5.41) is 17.3. The number of benzene rings is 2. The predicted molar refractivity (Wildman–Crippen MR) is 242 cm³/mol. The number of carbonyl (C=O) groups is 3. The van der Waals surface area contributed by atoms with Gasteiger partial charge in [-0.1, -0.05) is 24.3 Å². The third-order valence-corrected chi connectivity index (χ3v) is 14.7. The number of hydrogen-bond donors (Lipinski definition) is 3. The first-order valence-electron chi connectivity index (χ1n) is 22.7. The van der Waals surface area contributed by atoms with Crippen molar-refractivity contribution in [3.05, 3.63) is 106 Å². The Kier molecular flexibility index (Phi) is 9.91. The summed E-state index contributed by atoms with van der Waals surface area (Å²) in [5.41, 5.74) is 4.69. The van der Waals surface area contributed by atoms with Gasteiger partial charge in [-0.3, -0.25) is 29.4 Å². The number of rotatable bonds is 6. The van der Waals surface area contributed by atoms with Crippen LogP contribution in [0, 0.1) is 5.41 Å². The molecule has 4 fully saturated rings. The van der Waals surface area contributed by atoms with Crippen molar-refractivity contribution >= 4 is 51.8 Å². The van der Waals surface area contributed by atoms with E-state index in [4.69, 9.17) is 9.97 Å². The SMILES string of the molecule is C[C@@]1(O)CC/C=C\Cn2c(=O)c3cnc(Nc4ccc(N5CCN(C6CCC7(CC6)CN(c6ccc8c(c6)C(=O)N(C6CCC(=O)NC6=O)C8)C7)CC5)cc4)nc3n2-c2cccc1n2. The summed E-state index contributed by atoms with van der Waals surface area (Å²) in [7, 11) is 0. The van der Waals surface area contributed by atoms with Crippen LogP contribution in [-0.2, 0) is 28.3 Å². The molecule has 330 valence electrons. The Morgan fingerprint density at radius 2 is 1.62 bits per heavy atom. The number of fused-ring (bicyclic) bond motifs is 7. The lowest BCUT2D eigenvalue weighted by atomic mass is 9.67. The van der Waals surface area contributed by atoms with E-state index in [-0.39, 0.29) is 29.7 Å². The van der Waals surface area contributed by atoms with Crippen LogP contribution in [-0.4, -0.2) is 108 Å². The van der Waals surface area contributed by atoms with Gasteiger partial charge in [0.05, 0.1) is 12.2 Å². The van der Waals surface area contributed by atoms with Gasteiger partial charge in [-0.25, -0.2) is 19.3 Å². The van der Waals surface area contributed by atoms with E-state index in [2.05, 4.69) is 48.5 Å². The monoisotopic (exact) mass is 863 g/mol. The van der Waals surface area contributed by atoms with Gasteiger partial charge >= 0.3 is 0 Å². The molecule has 3 N–H and O–H groups in total. The summed E-state index contributed by atoms with van der Waals surface area (Å²) in [6, 6.07) is 20.0. The summed E-state index contributed by atoms with van der Waals surface area (Å²) in [5.74, 6) is 0.0989. The van der Waals surface area contributed by atoms with Gasteiger partial charge in [0.15, 0.2) is 11.5 Å². The number of amides is 3. The van der Waals surface area contributed by atoms with Crippen molar-refractivity contribution in [1.82, 2.24) is 39.4 Å². The molecule has 16 nitrogen and oxygen atoms in total. The van der Waals surface area contributed by atoms with Crippen molar-refractivity contribution in [3.63, 3.8) is 0 Å². The molecule has 3 aromatic heterocycles. The number of allylic oxidation sites excluding steroid dienone is 2. The van der Waals surface area contributed by atoms with Gasteiger partial charge in [0.2, 0.25) is 17.8 Å². The quantitative estimate of drug-likeness (QED) is 0.160. The number of piperazine rings is 1. The minimum Gasteiger partial charge on any atom is -0.384 e. The summed E-state index contributed by atoms with van der Waals surface area (Å²) in [6.45, 7) is 8.52. The van der Waals surface area contributed by atoms with Crippen molar-refractivity contribution in [1.29, 1.82) is 0 Å². The van der Waals surface area contributed by atoms with E-state index in [0.29, 0.717) is 77.9 Å². The maximum atomic E-state index is 13.6. The molecule has 3 saturated heterocycles. The highest BCUT2D eigenvalue weighted by Gasteiger charge is 2.47. The van der Waals surface area contributed by atoms with E-state index in [0.717, 1.165) is 56.2 Å². The molecule has 5 aliphatic heterocycles. The van der Waals surface area contributed by atoms with E-state index >= 15 is 0 Å². The van der Waals surface area contributed by atoms with Crippen LogP contribution in [0.3, 0.4) is 0 Å². The molecule has 1 spiro atoms. The normalized spacial score (nSPS) is 24.2. The molecule has 8 heterocycles. The predicted octanol–water partition coefficient (Wildman–Crippen LogP) is 4.61. The number of aliphatic hydroxyl groups is 1. The largest absolute Gasteiger partial charge is 0.384 e. The number of aromatic nitrogens is 5. The van der Waals surface area contributed by atoms with Gasteiger partial charge in [-0.15, -0.1) is 0 Å². The molecule has 1 unspecified atom stereocenters. The second-order valence-electron chi connectivity index (χ2n) is 18.8. The van der Waals surface area contributed by atoms with E-state index in [1.165, 1.54) is 31.4 Å². The first kappa shape index (κ1) is 40.4. The third-order valence-electron chi connectivity index (χ3n) is 14.7. The lowest BCUT2D eigenvalue weighted by Gasteiger charge is -2.56. The smallest absolute Gasteiger partial charge is 0.278 e. The number of imide groups is 1. The number of piperidine rings is 1. The van der Waals surface area contributed by atoms with Gasteiger partial charge in [0.1, 0.15) is 17.0 Å². The zero-order valence-electron chi connectivity index (χ0n) is 36.1. The Balaban J connectivity index is 0.684. The standard InChI is InChI=1S/C48H53N11O5/c1-47(64)18-3-2-4-21-58-45(63)37-27-49-46(53-42(37)59(58)40-7-5-6-39(47)51-40)50-32-9-12-33(13-10-32)54-22-24-55(25-23-54)34-16-19-48(20-17-34)29-56(30-48)35-11-8-31-28-57(44(62)36(31)26-35)38-14-15-41(60)52-43(38)61/h2,4-13,26-27,34,38,64H,3,14-25,28-30H2,1H3,(H,49,50,53)(H,52,60,61)/b4-2-/t38?,47-/m1/s1. The van der Waals surface area contributed by atoms with Crippen molar-refractivity contribution in [2.45, 2.75) is 89.1 Å². The fraction of sp³-hybridized carbons (Fsp3) is 0.438. The van der Waals surface area contributed by atoms with E-state index < -0.39 is 11.6 Å². The minimum atomic E-state index is -1.12. The number of carbonyl (C=O) groups excluding carboxylic acids is 3. The second-order valence-corrected chi connectivity index (χ2v) is 18.8. The number of nitrogens with one attached hydrogen (secondary N) is 2. The molecule has 2 atom stereocenters. The summed E-state index contributed by atoms with van der Waals surface area (Å²) in [4.78, 5) is 74.5. The van der Waals surface area contributed by atoms with Crippen molar-refractivity contribution in [2.24, 2.45) is 5.41 Å². The third kappa shape index (κ3) is 7.22. The zero-order valence-corrected chi connectivity index (χ0v) is 36.1. The number of hydrogen-bond acceptors (Lipinski definition) is 12. The first-order chi connectivity index (χ1) is 31.0. The molecule has 2 aromatic carbocycles. The van der Waals surface area contributed by atoms with Crippen molar-refractivity contribution < 1.29 is 19.5 Å². The molecular formula is C48H53N11O5. The van der Waals surface area contributed by atoms with Gasteiger partial charge in [0.25, 0.3) is 11.5 Å². The van der Waals surface area contributed by atoms with Gasteiger partial charge in [0, 0.05) is 92.5 Å². The molecule has 1 saturated carbocycles. The fourth-order valence-electron chi connectivity index (χ4n) is 10.9. The fourth-order valence-corrected chi connectivity index (χ4v) is 10.9. The van der Waals surface area contributed by atoms with Crippen LogP contribution in [0.15, 0.2) is 83.8 Å². The van der Waals surface area contributed by atoms with Crippen molar-refractivity contribution in [2.75, 3.05) is 54.4 Å². The van der Waals surface area contributed by atoms with Crippen LogP contribution in [0.25, 0.3) is 16.9 Å². The molecule has 5 aromatic rings. The van der Waals surface area contributed by atoms with Crippen LogP contribution in [0.4, 0.5) is 23.0 Å². The van der Waals surface area contributed by atoms with Crippen LogP contribution in [0.5, 0.6) is 0 Å². The zero-order chi connectivity index (χ0) is 43.7. The minimum absolute atomic E-state index is 0.120. The lowest BCUT2D eigenvalue weighted by Crippen LogP contribution is -2.60. The molecule has 2 bridgehead atoms. The Morgan fingerprint density at radius 1 is 0.844 bits per heavy atom. The number of pyridine rings is 1. The highest BCUT2D eigenvalue weighted by Crippen LogP contribution is 2.47. The molecule has 64 heavy (non-hydrogen) atoms. The number of nitrogens with zero attached hydrogens (tertiary/aromatic N) is 9. The molecular weight excluding hydrogens is 811 g/mol. The highest BCUT2D eigenvalue weighted by atomic mass is 16.3. The molecule has 1 aliphatic carbocycles. The van der Waals surface area contributed by atoms with Gasteiger partial charge < -0.3 is 25.1 Å². The van der Waals surface area contributed by atoms with Gasteiger partial charge in [-0.05, 0) is 106 Å². The first-order valence-corrected chi connectivity index (χ1v) is 22.7. The molecule has 0 radical (unpaired) electrons. The molecule has 3 amide bonds. The van der Waals surface area contributed by atoms with Crippen LogP contribution in [0.2, 0.25) is 0 Å². The van der Waals surface area contributed by atoms with Crippen LogP contribution < -0.4 is 26.0 Å². The Morgan fingerprint density at radius 3 is 2.41 bits per heavy atom. The Hall–Kier alpha value is -6.39. The summed E-state index contributed by atoms with van der Waals surface area (Å²) >= 11 is 0. The van der Waals surface area contributed by atoms with E-state index in [9.17, 15) is 24.3 Å². The van der Waals surface area contributed by atoms with Gasteiger partial charge in [-0.2, -0.15) is 4.98 Å². The topological polar surface area (TPSA) is 174 Å². The van der Waals surface area contributed by atoms with E-state index in [1.807, 2.05) is 54.6 Å².